The van der Waals surface area contributed by atoms with Gasteiger partial charge in [0.1, 0.15) is 5.82 Å². The van der Waals surface area contributed by atoms with Crippen molar-refractivity contribution in [1.29, 1.82) is 0 Å². The highest BCUT2D eigenvalue weighted by molar-refractivity contribution is 5.74. The second-order valence-electron chi connectivity index (χ2n) is 6.47. The zero-order chi connectivity index (χ0) is 17.6. The largest absolute Gasteiger partial charge is 0.334 e. The number of hydrogen-bond donors (Lipinski definition) is 1. The molecule has 1 fully saturated rings. The van der Waals surface area contributed by atoms with Gasteiger partial charge in [0.15, 0.2) is 0 Å². The number of piperazine rings is 1. The van der Waals surface area contributed by atoms with Gasteiger partial charge in [-0.1, -0.05) is 36.4 Å². The first kappa shape index (κ1) is 17.4. The van der Waals surface area contributed by atoms with E-state index in [1.54, 1.807) is 12.1 Å². The highest BCUT2D eigenvalue weighted by atomic mass is 19.1. The molecule has 1 saturated heterocycles. The number of urea groups is 1. The second kappa shape index (κ2) is 8.12. The Labute approximate surface area is 148 Å². The van der Waals surface area contributed by atoms with E-state index >= 15 is 0 Å². The van der Waals surface area contributed by atoms with Crippen LogP contribution in [0.2, 0.25) is 0 Å². The van der Waals surface area contributed by atoms with E-state index in [1.165, 1.54) is 23.3 Å². The Hall–Kier alpha value is -2.40. The lowest BCUT2D eigenvalue weighted by atomic mass is 10.1. The fourth-order valence-corrected chi connectivity index (χ4v) is 3.03. The highest BCUT2D eigenvalue weighted by Gasteiger charge is 2.21. The normalized spacial score (nSPS) is 15.2. The van der Waals surface area contributed by atoms with Crippen LogP contribution in [-0.4, -0.2) is 42.0 Å². The van der Waals surface area contributed by atoms with Gasteiger partial charge in [0.2, 0.25) is 0 Å². The third-order valence-electron chi connectivity index (χ3n) is 4.67. The van der Waals surface area contributed by atoms with E-state index in [-0.39, 0.29) is 11.8 Å². The highest BCUT2D eigenvalue weighted by Crippen LogP contribution is 2.12. The molecule has 0 aromatic heterocycles. The van der Waals surface area contributed by atoms with Crippen molar-refractivity contribution in [2.45, 2.75) is 20.0 Å². The number of nitrogens with zero attached hydrogens (tertiary/aromatic N) is 2. The lowest BCUT2D eigenvalue weighted by molar-refractivity contribution is 0.135. The van der Waals surface area contributed by atoms with Crippen LogP contribution >= 0.6 is 0 Å². The Morgan fingerprint density at radius 2 is 1.72 bits per heavy atom. The van der Waals surface area contributed by atoms with Crippen molar-refractivity contribution in [1.82, 2.24) is 15.1 Å². The third-order valence-corrected chi connectivity index (χ3v) is 4.67. The van der Waals surface area contributed by atoms with Gasteiger partial charge in [-0.05, 0) is 35.7 Å². The summed E-state index contributed by atoms with van der Waals surface area (Å²) in [6.07, 6.45) is 0. The molecule has 1 N–H and O–H groups in total. The molecule has 1 aliphatic heterocycles. The molecular formula is C20H24FN3O. The molecule has 0 unspecified atom stereocenters. The molecule has 0 bridgehead atoms. The van der Waals surface area contributed by atoms with Gasteiger partial charge in [0.25, 0.3) is 0 Å². The number of benzene rings is 2. The molecule has 0 spiro atoms. The van der Waals surface area contributed by atoms with Crippen molar-refractivity contribution in [2.24, 2.45) is 0 Å². The Bertz CT molecular complexity index is 709. The maximum atomic E-state index is 12.9. The summed E-state index contributed by atoms with van der Waals surface area (Å²) in [5.74, 6) is -0.264. The first-order valence-electron chi connectivity index (χ1n) is 8.66. The van der Waals surface area contributed by atoms with E-state index in [0.717, 1.165) is 38.3 Å². The van der Waals surface area contributed by atoms with Gasteiger partial charge >= 0.3 is 6.03 Å². The average molecular weight is 341 g/mol. The number of aryl methyl sites for hydroxylation is 1. The van der Waals surface area contributed by atoms with Crippen LogP contribution in [0, 0.1) is 12.7 Å². The molecule has 1 aliphatic rings. The smallest absolute Gasteiger partial charge is 0.317 e. The summed E-state index contributed by atoms with van der Waals surface area (Å²) in [4.78, 5) is 16.5. The summed E-state index contributed by atoms with van der Waals surface area (Å²) in [5.41, 5.74) is 3.55. The molecule has 2 aromatic rings. The molecule has 1 heterocycles. The molecule has 132 valence electrons. The minimum Gasteiger partial charge on any atom is -0.334 e. The van der Waals surface area contributed by atoms with Crippen molar-refractivity contribution in [2.75, 3.05) is 26.2 Å². The van der Waals surface area contributed by atoms with Gasteiger partial charge in [-0.3, -0.25) is 4.90 Å². The molecule has 0 atom stereocenters. The first-order valence-corrected chi connectivity index (χ1v) is 8.66. The number of nitrogens with one attached hydrogen (secondary N) is 1. The fourth-order valence-electron chi connectivity index (χ4n) is 3.03. The molecule has 4 nitrogen and oxygen atoms in total. The quantitative estimate of drug-likeness (QED) is 0.927. The molecule has 0 saturated carbocycles. The van der Waals surface area contributed by atoms with E-state index in [9.17, 15) is 9.18 Å². The van der Waals surface area contributed by atoms with Gasteiger partial charge < -0.3 is 10.2 Å². The zero-order valence-corrected chi connectivity index (χ0v) is 14.5. The standard InChI is InChI=1S/C20H24FN3O/c1-16-4-2-3-5-18(16)15-23-10-12-24(13-11-23)20(25)22-14-17-6-8-19(21)9-7-17/h2-9H,10-15H2,1H3,(H,22,25). The van der Waals surface area contributed by atoms with Crippen LogP contribution < -0.4 is 5.32 Å². The molecule has 5 heteroatoms. The fraction of sp³-hybridized carbons (Fsp3) is 0.350. The Morgan fingerprint density at radius 3 is 2.40 bits per heavy atom. The van der Waals surface area contributed by atoms with Crippen molar-refractivity contribution in [3.8, 4) is 0 Å². The third kappa shape index (κ3) is 4.79. The molecule has 0 radical (unpaired) electrons. The second-order valence-corrected chi connectivity index (χ2v) is 6.47. The number of amides is 2. The molecule has 2 amide bonds. The maximum absolute atomic E-state index is 12.9. The lowest BCUT2D eigenvalue weighted by Gasteiger charge is -2.35. The summed E-state index contributed by atoms with van der Waals surface area (Å²) in [5, 5.41) is 2.91. The summed E-state index contributed by atoms with van der Waals surface area (Å²) < 4.78 is 12.9. The Kier molecular flexibility index (Phi) is 5.66. The summed E-state index contributed by atoms with van der Waals surface area (Å²) in [6, 6.07) is 14.6. The average Bonchev–Trinajstić information content (AvgIpc) is 2.63. The van der Waals surface area contributed by atoms with Crippen LogP contribution in [0.15, 0.2) is 48.5 Å². The maximum Gasteiger partial charge on any atom is 0.317 e. The molecule has 0 aliphatic carbocycles. The van der Waals surface area contributed by atoms with Crippen LogP contribution in [0.25, 0.3) is 0 Å². The Balaban J connectivity index is 1.44. The van der Waals surface area contributed by atoms with Gasteiger partial charge in [-0.15, -0.1) is 0 Å². The minimum absolute atomic E-state index is 0.0557. The van der Waals surface area contributed by atoms with Crippen LogP contribution in [0.4, 0.5) is 9.18 Å². The number of carbonyl (C=O) groups excluding carboxylic acids is 1. The van der Waals surface area contributed by atoms with Crippen molar-refractivity contribution in [3.63, 3.8) is 0 Å². The number of carbonyl (C=O) groups is 1. The van der Waals surface area contributed by atoms with E-state index in [2.05, 4.69) is 41.4 Å². The molecular weight excluding hydrogens is 317 g/mol. The van der Waals surface area contributed by atoms with Crippen molar-refractivity contribution >= 4 is 6.03 Å². The number of halogens is 1. The Morgan fingerprint density at radius 1 is 1.04 bits per heavy atom. The monoisotopic (exact) mass is 341 g/mol. The van der Waals surface area contributed by atoms with Crippen LogP contribution in [0.3, 0.4) is 0 Å². The van der Waals surface area contributed by atoms with Crippen molar-refractivity contribution in [3.05, 3.63) is 71.0 Å². The lowest BCUT2D eigenvalue weighted by Crippen LogP contribution is -2.51. The van der Waals surface area contributed by atoms with E-state index in [0.29, 0.717) is 6.54 Å². The van der Waals surface area contributed by atoms with Gasteiger partial charge in [-0.25, -0.2) is 9.18 Å². The minimum atomic E-state index is -0.264. The van der Waals surface area contributed by atoms with Gasteiger partial charge in [0.05, 0.1) is 0 Å². The summed E-state index contributed by atoms with van der Waals surface area (Å²) in [7, 11) is 0. The predicted octanol–water partition coefficient (Wildman–Crippen LogP) is 3.16. The van der Waals surface area contributed by atoms with E-state index in [4.69, 9.17) is 0 Å². The SMILES string of the molecule is Cc1ccccc1CN1CCN(C(=O)NCc2ccc(F)cc2)CC1. The summed E-state index contributed by atoms with van der Waals surface area (Å²) in [6.45, 7) is 6.67. The number of hydrogen-bond acceptors (Lipinski definition) is 2. The zero-order valence-electron chi connectivity index (χ0n) is 14.5. The molecule has 2 aromatic carbocycles. The van der Waals surface area contributed by atoms with Crippen molar-refractivity contribution < 1.29 is 9.18 Å². The van der Waals surface area contributed by atoms with Crippen LogP contribution in [-0.2, 0) is 13.1 Å². The predicted molar refractivity (Wildman–Crippen MR) is 96.7 cm³/mol. The first-order chi connectivity index (χ1) is 12.1. The topological polar surface area (TPSA) is 35.6 Å². The van der Waals surface area contributed by atoms with Crippen LogP contribution in [0.1, 0.15) is 16.7 Å². The summed E-state index contributed by atoms with van der Waals surface area (Å²) >= 11 is 0. The molecule has 25 heavy (non-hydrogen) atoms. The van der Waals surface area contributed by atoms with E-state index in [1.807, 2.05) is 4.90 Å². The van der Waals surface area contributed by atoms with Crippen LogP contribution in [0.5, 0.6) is 0 Å². The van der Waals surface area contributed by atoms with Gasteiger partial charge in [0, 0.05) is 39.3 Å². The van der Waals surface area contributed by atoms with Gasteiger partial charge in [-0.2, -0.15) is 0 Å². The molecule has 3 rings (SSSR count). The van der Waals surface area contributed by atoms with E-state index < -0.39 is 0 Å². The number of rotatable bonds is 4.